The van der Waals surface area contributed by atoms with Crippen molar-refractivity contribution < 1.29 is 9.50 Å². The standard InChI is InChI=1S/C19H23FO/c1-2-13-6-5-7-14(12-13)19(21)17-10-11-18(20)16-9-4-3-8-15(16)17/h3-4,8-11,13-14,19,21H,2,5-7,12H2,1H3. The van der Waals surface area contributed by atoms with E-state index >= 15 is 0 Å². The summed E-state index contributed by atoms with van der Waals surface area (Å²) < 4.78 is 13.9. The first-order valence-electron chi connectivity index (χ1n) is 8.06. The number of hydrogen-bond acceptors (Lipinski definition) is 1. The highest BCUT2D eigenvalue weighted by molar-refractivity contribution is 5.86. The average Bonchev–Trinajstić information content (AvgIpc) is 2.55. The van der Waals surface area contributed by atoms with Crippen LogP contribution in [0, 0.1) is 17.7 Å². The van der Waals surface area contributed by atoms with Crippen LogP contribution < -0.4 is 0 Å². The summed E-state index contributed by atoms with van der Waals surface area (Å²) in [5.74, 6) is 0.819. The molecule has 0 aliphatic heterocycles. The smallest absolute Gasteiger partial charge is 0.131 e. The molecule has 112 valence electrons. The predicted molar refractivity (Wildman–Crippen MR) is 84.6 cm³/mol. The fourth-order valence-corrected chi connectivity index (χ4v) is 3.79. The van der Waals surface area contributed by atoms with Crippen LogP contribution in [0.1, 0.15) is 50.7 Å². The second kappa shape index (κ2) is 6.15. The Balaban J connectivity index is 1.94. The largest absolute Gasteiger partial charge is 0.388 e. The highest BCUT2D eigenvalue weighted by Gasteiger charge is 2.28. The van der Waals surface area contributed by atoms with Gasteiger partial charge in [0.1, 0.15) is 5.82 Å². The van der Waals surface area contributed by atoms with E-state index in [0.717, 1.165) is 29.7 Å². The molecule has 0 heterocycles. The number of benzene rings is 2. The number of fused-ring (bicyclic) bond motifs is 1. The summed E-state index contributed by atoms with van der Waals surface area (Å²) in [6, 6.07) is 10.7. The molecule has 1 fully saturated rings. The van der Waals surface area contributed by atoms with Gasteiger partial charge in [-0.15, -0.1) is 0 Å². The van der Waals surface area contributed by atoms with Gasteiger partial charge in [-0.25, -0.2) is 4.39 Å². The lowest BCUT2D eigenvalue weighted by atomic mass is 9.76. The molecule has 0 amide bonds. The Bertz CT molecular complexity index is 622. The van der Waals surface area contributed by atoms with E-state index in [1.807, 2.05) is 18.2 Å². The lowest BCUT2D eigenvalue weighted by molar-refractivity contribution is 0.0689. The third-order valence-corrected chi connectivity index (χ3v) is 5.07. The van der Waals surface area contributed by atoms with Crippen molar-refractivity contribution in [2.75, 3.05) is 0 Å². The maximum absolute atomic E-state index is 13.9. The molecular weight excluding hydrogens is 263 g/mol. The van der Waals surface area contributed by atoms with Gasteiger partial charge in [0.2, 0.25) is 0 Å². The fraction of sp³-hybridized carbons (Fsp3) is 0.474. The van der Waals surface area contributed by atoms with Crippen molar-refractivity contribution in [2.24, 2.45) is 11.8 Å². The molecule has 1 aliphatic rings. The van der Waals surface area contributed by atoms with Crippen LogP contribution in [0.3, 0.4) is 0 Å². The minimum atomic E-state index is -0.482. The van der Waals surface area contributed by atoms with Crippen LogP contribution in [-0.2, 0) is 0 Å². The number of aliphatic hydroxyl groups is 1. The maximum Gasteiger partial charge on any atom is 0.131 e. The highest BCUT2D eigenvalue weighted by atomic mass is 19.1. The summed E-state index contributed by atoms with van der Waals surface area (Å²) in [4.78, 5) is 0. The van der Waals surface area contributed by atoms with Gasteiger partial charge >= 0.3 is 0 Å². The molecule has 0 bridgehead atoms. The molecule has 3 rings (SSSR count). The minimum absolute atomic E-state index is 0.211. The molecule has 1 aliphatic carbocycles. The number of aliphatic hydroxyl groups excluding tert-OH is 1. The highest BCUT2D eigenvalue weighted by Crippen LogP contribution is 2.40. The number of hydrogen-bond donors (Lipinski definition) is 1. The SMILES string of the molecule is CCC1CCCC(C(O)c2ccc(F)c3ccccc23)C1. The summed E-state index contributed by atoms with van der Waals surface area (Å²) >= 11 is 0. The molecule has 0 spiro atoms. The Kier molecular flexibility index (Phi) is 4.25. The predicted octanol–water partition coefficient (Wildman–Crippen LogP) is 5.23. The second-order valence-corrected chi connectivity index (χ2v) is 6.33. The first-order valence-corrected chi connectivity index (χ1v) is 8.06. The van der Waals surface area contributed by atoms with Gasteiger partial charge in [0.25, 0.3) is 0 Å². The number of rotatable bonds is 3. The molecule has 2 aromatic rings. The third kappa shape index (κ3) is 2.82. The molecule has 1 nitrogen and oxygen atoms in total. The van der Waals surface area contributed by atoms with Crippen LogP contribution in [0.15, 0.2) is 36.4 Å². The van der Waals surface area contributed by atoms with Crippen molar-refractivity contribution in [1.29, 1.82) is 0 Å². The van der Waals surface area contributed by atoms with Gasteiger partial charge in [0.05, 0.1) is 6.10 Å². The van der Waals surface area contributed by atoms with E-state index in [2.05, 4.69) is 6.92 Å². The normalized spacial score (nSPS) is 24.1. The Morgan fingerprint density at radius 2 is 1.90 bits per heavy atom. The Morgan fingerprint density at radius 1 is 1.14 bits per heavy atom. The van der Waals surface area contributed by atoms with Gasteiger partial charge in [-0.05, 0) is 41.7 Å². The van der Waals surface area contributed by atoms with Gasteiger partial charge < -0.3 is 5.11 Å². The zero-order valence-electron chi connectivity index (χ0n) is 12.6. The van der Waals surface area contributed by atoms with E-state index < -0.39 is 6.10 Å². The molecule has 2 aromatic carbocycles. The van der Waals surface area contributed by atoms with Gasteiger partial charge in [0, 0.05) is 5.39 Å². The van der Waals surface area contributed by atoms with Crippen molar-refractivity contribution in [3.8, 4) is 0 Å². The van der Waals surface area contributed by atoms with E-state index in [4.69, 9.17) is 0 Å². The quantitative estimate of drug-likeness (QED) is 0.819. The zero-order chi connectivity index (χ0) is 14.8. The molecule has 3 unspecified atom stereocenters. The maximum atomic E-state index is 13.9. The molecule has 1 saturated carbocycles. The van der Waals surface area contributed by atoms with E-state index in [-0.39, 0.29) is 5.82 Å². The van der Waals surface area contributed by atoms with Crippen molar-refractivity contribution in [2.45, 2.75) is 45.1 Å². The molecule has 1 N–H and O–H groups in total. The van der Waals surface area contributed by atoms with E-state index in [9.17, 15) is 9.50 Å². The van der Waals surface area contributed by atoms with Crippen LogP contribution >= 0.6 is 0 Å². The molecule has 0 radical (unpaired) electrons. The van der Waals surface area contributed by atoms with Crippen LogP contribution in [-0.4, -0.2) is 5.11 Å². The molecule has 0 aromatic heterocycles. The van der Waals surface area contributed by atoms with Crippen molar-refractivity contribution in [3.05, 3.63) is 47.8 Å². The fourth-order valence-electron chi connectivity index (χ4n) is 3.79. The Hall–Kier alpha value is -1.41. The molecule has 3 atom stereocenters. The van der Waals surface area contributed by atoms with Gasteiger partial charge in [-0.1, -0.05) is 56.5 Å². The van der Waals surface area contributed by atoms with Crippen molar-refractivity contribution in [1.82, 2.24) is 0 Å². The topological polar surface area (TPSA) is 20.2 Å². The first kappa shape index (κ1) is 14.5. The van der Waals surface area contributed by atoms with Gasteiger partial charge in [0.15, 0.2) is 0 Å². The molecule has 0 saturated heterocycles. The van der Waals surface area contributed by atoms with Crippen LogP contribution in [0.4, 0.5) is 4.39 Å². The molecule has 21 heavy (non-hydrogen) atoms. The van der Waals surface area contributed by atoms with E-state index in [1.165, 1.54) is 25.3 Å². The summed E-state index contributed by atoms with van der Waals surface area (Å²) in [6.45, 7) is 2.23. The molecule has 2 heteroatoms. The van der Waals surface area contributed by atoms with E-state index in [0.29, 0.717) is 11.3 Å². The summed E-state index contributed by atoms with van der Waals surface area (Å²) in [5.41, 5.74) is 0.883. The second-order valence-electron chi connectivity index (χ2n) is 6.33. The average molecular weight is 286 g/mol. The van der Waals surface area contributed by atoms with Gasteiger partial charge in [-0.2, -0.15) is 0 Å². The van der Waals surface area contributed by atoms with Crippen molar-refractivity contribution in [3.63, 3.8) is 0 Å². The van der Waals surface area contributed by atoms with E-state index in [1.54, 1.807) is 12.1 Å². The summed E-state index contributed by atoms with van der Waals surface area (Å²) in [5, 5.41) is 12.3. The van der Waals surface area contributed by atoms with Crippen molar-refractivity contribution >= 4 is 10.8 Å². The minimum Gasteiger partial charge on any atom is -0.388 e. The number of halogens is 1. The van der Waals surface area contributed by atoms with Crippen LogP contribution in [0.5, 0.6) is 0 Å². The summed E-state index contributed by atoms with van der Waals surface area (Å²) in [7, 11) is 0. The van der Waals surface area contributed by atoms with Gasteiger partial charge in [-0.3, -0.25) is 0 Å². The first-order chi connectivity index (χ1) is 10.2. The molecular formula is C19H23FO. The zero-order valence-corrected chi connectivity index (χ0v) is 12.6. The Labute approximate surface area is 125 Å². The third-order valence-electron chi connectivity index (χ3n) is 5.07. The lowest BCUT2D eigenvalue weighted by Crippen LogP contribution is -2.21. The van der Waals surface area contributed by atoms with Crippen LogP contribution in [0.2, 0.25) is 0 Å². The Morgan fingerprint density at radius 3 is 2.67 bits per heavy atom. The summed E-state index contributed by atoms with van der Waals surface area (Å²) in [6.07, 6.45) is 5.34. The monoisotopic (exact) mass is 286 g/mol. The lowest BCUT2D eigenvalue weighted by Gasteiger charge is -2.32. The van der Waals surface area contributed by atoms with Crippen LogP contribution in [0.25, 0.3) is 10.8 Å².